The maximum atomic E-state index is 11.9. The Morgan fingerprint density at radius 2 is 2.25 bits per heavy atom. The van der Waals surface area contributed by atoms with Crippen LogP contribution in [0, 0.1) is 0 Å². The van der Waals surface area contributed by atoms with Gasteiger partial charge in [0.05, 0.1) is 6.54 Å². The number of hydrogen-bond acceptors (Lipinski definition) is 5. The SMILES string of the molecule is N/C(CN1CCC(NC(=O)c2ccc(Cl)o2)CC1)=N/O. The van der Waals surface area contributed by atoms with Crippen molar-refractivity contribution < 1.29 is 14.4 Å². The van der Waals surface area contributed by atoms with Crippen molar-refractivity contribution in [3.05, 3.63) is 23.1 Å². The van der Waals surface area contributed by atoms with Gasteiger partial charge in [-0.2, -0.15) is 0 Å². The number of halogens is 1. The van der Waals surface area contributed by atoms with Crippen molar-refractivity contribution in [3.63, 3.8) is 0 Å². The fourth-order valence-corrected chi connectivity index (χ4v) is 2.34. The molecule has 1 fully saturated rings. The Morgan fingerprint density at radius 3 is 2.80 bits per heavy atom. The second-order valence-corrected chi connectivity index (χ2v) is 5.09. The van der Waals surface area contributed by atoms with Gasteiger partial charge in [0.2, 0.25) is 0 Å². The van der Waals surface area contributed by atoms with Crippen LogP contribution in [-0.4, -0.2) is 47.5 Å². The van der Waals surface area contributed by atoms with Crippen LogP contribution in [0.4, 0.5) is 0 Å². The molecule has 2 rings (SSSR count). The zero-order chi connectivity index (χ0) is 14.5. The summed E-state index contributed by atoms with van der Waals surface area (Å²) in [5.41, 5.74) is 5.46. The van der Waals surface area contributed by atoms with E-state index in [1.165, 1.54) is 6.07 Å². The lowest BCUT2D eigenvalue weighted by Gasteiger charge is -2.31. The molecule has 1 aliphatic rings. The van der Waals surface area contributed by atoms with Crippen LogP contribution in [0.1, 0.15) is 23.4 Å². The number of nitrogens with zero attached hydrogens (tertiary/aromatic N) is 2. The zero-order valence-electron chi connectivity index (χ0n) is 10.9. The Balaban J connectivity index is 1.78. The fraction of sp³-hybridized carbons (Fsp3) is 0.500. The van der Waals surface area contributed by atoms with Crippen LogP contribution in [0.2, 0.25) is 5.22 Å². The van der Waals surface area contributed by atoms with Gasteiger partial charge in [-0.3, -0.25) is 9.69 Å². The lowest BCUT2D eigenvalue weighted by atomic mass is 10.0. The van der Waals surface area contributed by atoms with Crippen molar-refractivity contribution in [2.75, 3.05) is 19.6 Å². The molecule has 110 valence electrons. The maximum Gasteiger partial charge on any atom is 0.287 e. The van der Waals surface area contributed by atoms with Crippen LogP contribution in [0.25, 0.3) is 0 Å². The monoisotopic (exact) mass is 300 g/mol. The number of hydrogen-bond donors (Lipinski definition) is 3. The Hall–Kier alpha value is -1.73. The summed E-state index contributed by atoms with van der Waals surface area (Å²) < 4.78 is 5.06. The number of piperidine rings is 1. The number of likely N-dealkylation sites (tertiary alicyclic amines) is 1. The van der Waals surface area contributed by atoms with Crippen LogP contribution in [-0.2, 0) is 0 Å². The summed E-state index contributed by atoms with van der Waals surface area (Å²) >= 11 is 5.63. The fourth-order valence-electron chi connectivity index (χ4n) is 2.19. The molecule has 0 saturated carbocycles. The van der Waals surface area contributed by atoms with Crippen LogP contribution in [0.15, 0.2) is 21.7 Å². The van der Waals surface area contributed by atoms with Gasteiger partial charge in [-0.25, -0.2) is 0 Å². The van der Waals surface area contributed by atoms with Crippen molar-refractivity contribution in [2.24, 2.45) is 10.9 Å². The molecule has 0 aromatic carbocycles. The van der Waals surface area contributed by atoms with E-state index < -0.39 is 0 Å². The number of carbonyl (C=O) groups is 1. The lowest BCUT2D eigenvalue weighted by Crippen LogP contribution is -2.46. The van der Waals surface area contributed by atoms with E-state index in [0.29, 0.717) is 6.54 Å². The Morgan fingerprint density at radius 1 is 1.55 bits per heavy atom. The molecule has 4 N–H and O–H groups in total. The maximum absolute atomic E-state index is 11.9. The molecule has 1 aromatic rings. The first-order valence-corrected chi connectivity index (χ1v) is 6.71. The number of carbonyl (C=O) groups excluding carboxylic acids is 1. The van der Waals surface area contributed by atoms with Gasteiger partial charge in [0, 0.05) is 19.1 Å². The normalized spacial score (nSPS) is 18.1. The van der Waals surface area contributed by atoms with Crippen LogP contribution in [0.3, 0.4) is 0 Å². The van der Waals surface area contributed by atoms with E-state index in [0.717, 1.165) is 25.9 Å². The summed E-state index contributed by atoms with van der Waals surface area (Å²) in [6, 6.07) is 3.18. The minimum atomic E-state index is -0.258. The molecular weight excluding hydrogens is 284 g/mol. The minimum absolute atomic E-state index is 0.0925. The number of furan rings is 1. The molecule has 8 heteroatoms. The van der Waals surface area contributed by atoms with Gasteiger partial charge in [0.15, 0.2) is 16.8 Å². The van der Waals surface area contributed by atoms with E-state index >= 15 is 0 Å². The molecular formula is C12H17ClN4O3. The lowest BCUT2D eigenvalue weighted by molar-refractivity contribution is 0.0886. The molecule has 1 aromatic heterocycles. The summed E-state index contributed by atoms with van der Waals surface area (Å²) in [6.45, 7) is 1.99. The number of amidine groups is 1. The van der Waals surface area contributed by atoms with E-state index in [4.69, 9.17) is 27.0 Å². The standard InChI is InChI=1S/C12H17ClN4O3/c13-10-2-1-9(20-10)12(18)15-8-3-5-17(6-4-8)7-11(14)16-19/h1-2,8,19H,3-7H2,(H2,14,16)(H,15,18). The third kappa shape index (κ3) is 3.88. The van der Waals surface area contributed by atoms with E-state index in [1.54, 1.807) is 6.07 Å². The van der Waals surface area contributed by atoms with Crippen molar-refractivity contribution in [1.29, 1.82) is 0 Å². The van der Waals surface area contributed by atoms with E-state index in [1.807, 2.05) is 0 Å². The topological polar surface area (TPSA) is 104 Å². The predicted molar refractivity (Wildman–Crippen MR) is 74.1 cm³/mol. The van der Waals surface area contributed by atoms with Gasteiger partial charge in [-0.15, -0.1) is 0 Å². The van der Waals surface area contributed by atoms with Gasteiger partial charge in [0.1, 0.15) is 0 Å². The first-order chi connectivity index (χ1) is 9.58. The Bertz CT molecular complexity index is 495. The highest BCUT2D eigenvalue weighted by atomic mass is 35.5. The van der Waals surface area contributed by atoms with Gasteiger partial charge in [0.25, 0.3) is 5.91 Å². The molecule has 20 heavy (non-hydrogen) atoms. The second-order valence-electron chi connectivity index (χ2n) is 4.72. The highest BCUT2D eigenvalue weighted by Crippen LogP contribution is 2.15. The summed E-state index contributed by atoms with van der Waals surface area (Å²) in [4.78, 5) is 14.0. The number of nitrogens with two attached hydrogens (primary N) is 1. The Kier molecular flexibility index (Phi) is 4.86. The summed E-state index contributed by atoms with van der Waals surface area (Å²) in [6.07, 6.45) is 1.61. The van der Waals surface area contributed by atoms with Crippen LogP contribution < -0.4 is 11.1 Å². The van der Waals surface area contributed by atoms with E-state index in [2.05, 4.69) is 15.4 Å². The van der Waals surface area contributed by atoms with Gasteiger partial charge in [-0.1, -0.05) is 5.16 Å². The van der Waals surface area contributed by atoms with Crippen molar-refractivity contribution >= 4 is 23.3 Å². The quantitative estimate of drug-likeness (QED) is 0.331. The molecule has 2 heterocycles. The smallest absolute Gasteiger partial charge is 0.287 e. The highest BCUT2D eigenvalue weighted by Gasteiger charge is 2.22. The van der Waals surface area contributed by atoms with Gasteiger partial charge >= 0.3 is 0 Å². The largest absolute Gasteiger partial charge is 0.440 e. The number of oxime groups is 1. The van der Waals surface area contributed by atoms with Crippen molar-refractivity contribution in [1.82, 2.24) is 10.2 Å². The number of amides is 1. The van der Waals surface area contributed by atoms with E-state index in [-0.39, 0.29) is 28.8 Å². The molecule has 0 atom stereocenters. The third-order valence-corrected chi connectivity index (χ3v) is 3.44. The molecule has 7 nitrogen and oxygen atoms in total. The van der Waals surface area contributed by atoms with Gasteiger partial charge in [-0.05, 0) is 36.6 Å². The highest BCUT2D eigenvalue weighted by molar-refractivity contribution is 6.29. The first kappa shape index (κ1) is 14.7. The number of nitrogens with one attached hydrogen (secondary N) is 1. The van der Waals surface area contributed by atoms with Crippen LogP contribution >= 0.6 is 11.6 Å². The molecule has 0 radical (unpaired) electrons. The van der Waals surface area contributed by atoms with Crippen molar-refractivity contribution in [2.45, 2.75) is 18.9 Å². The average molecular weight is 301 g/mol. The summed E-state index contributed by atoms with van der Waals surface area (Å²) in [5.74, 6) is 0.151. The molecule has 0 aliphatic carbocycles. The predicted octanol–water partition coefficient (Wildman–Crippen LogP) is 0.874. The molecule has 0 unspecified atom stereocenters. The summed E-state index contributed by atoms with van der Waals surface area (Å²) in [5, 5.41) is 14.6. The number of rotatable bonds is 4. The molecule has 0 bridgehead atoms. The zero-order valence-corrected chi connectivity index (χ0v) is 11.6. The van der Waals surface area contributed by atoms with Gasteiger partial charge < -0.3 is 20.7 Å². The molecule has 0 spiro atoms. The molecule has 1 saturated heterocycles. The average Bonchev–Trinajstić information content (AvgIpc) is 2.87. The minimum Gasteiger partial charge on any atom is -0.440 e. The second kappa shape index (κ2) is 6.62. The van der Waals surface area contributed by atoms with Crippen LogP contribution in [0.5, 0.6) is 0 Å². The first-order valence-electron chi connectivity index (χ1n) is 6.33. The molecule has 1 amide bonds. The van der Waals surface area contributed by atoms with E-state index in [9.17, 15) is 4.79 Å². The summed E-state index contributed by atoms with van der Waals surface area (Å²) in [7, 11) is 0. The third-order valence-electron chi connectivity index (χ3n) is 3.23. The van der Waals surface area contributed by atoms with Crippen molar-refractivity contribution in [3.8, 4) is 0 Å². The molecule has 1 aliphatic heterocycles. The Labute approximate surface area is 121 Å².